The van der Waals surface area contributed by atoms with Gasteiger partial charge in [-0.05, 0) is 37.9 Å². The van der Waals surface area contributed by atoms with Crippen molar-refractivity contribution in [1.82, 2.24) is 4.90 Å². The van der Waals surface area contributed by atoms with Gasteiger partial charge in [-0.25, -0.2) is 0 Å². The van der Waals surface area contributed by atoms with Crippen LogP contribution in [0.3, 0.4) is 0 Å². The fraction of sp³-hybridized carbons (Fsp3) is 0.588. The molecule has 1 saturated carbocycles. The third kappa shape index (κ3) is 4.34. The van der Waals surface area contributed by atoms with E-state index in [4.69, 9.17) is 0 Å². The highest BCUT2D eigenvalue weighted by atomic mass is 16.1. The second-order valence-electron chi connectivity index (χ2n) is 5.97. The number of rotatable bonds is 5. The SMILES string of the molecule is C[C@H]1CCCC[C@@H]1N(C)CCC(=O)Nc1ccccc1. The lowest BCUT2D eigenvalue weighted by atomic mass is 9.85. The number of nitrogens with zero attached hydrogens (tertiary/aromatic N) is 1. The van der Waals surface area contributed by atoms with Crippen LogP contribution >= 0.6 is 0 Å². The van der Waals surface area contributed by atoms with Crippen LogP contribution in [0.5, 0.6) is 0 Å². The number of para-hydroxylation sites is 1. The molecule has 1 amide bonds. The Labute approximate surface area is 122 Å². The van der Waals surface area contributed by atoms with Crippen molar-refractivity contribution in [2.45, 2.75) is 45.1 Å². The Morgan fingerprint density at radius 2 is 1.95 bits per heavy atom. The summed E-state index contributed by atoms with van der Waals surface area (Å²) in [5.74, 6) is 0.859. The maximum absolute atomic E-state index is 11.9. The molecule has 1 aliphatic carbocycles. The molecule has 0 aliphatic heterocycles. The van der Waals surface area contributed by atoms with E-state index in [1.165, 1.54) is 25.7 Å². The maximum atomic E-state index is 11.9. The van der Waals surface area contributed by atoms with Gasteiger partial charge in [0.1, 0.15) is 0 Å². The predicted molar refractivity (Wildman–Crippen MR) is 83.7 cm³/mol. The van der Waals surface area contributed by atoms with Crippen LogP contribution in [-0.2, 0) is 4.79 Å². The highest BCUT2D eigenvalue weighted by Gasteiger charge is 2.24. The molecule has 2 atom stereocenters. The molecule has 0 saturated heterocycles. The highest BCUT2D eigenvalue weighted by molar-refractivity contribution is 5.90. The Morgan fingerprint density at radius 3 is 2.65 bits per heavy atom. The van der Waals surface area contributed by atoms with Crippen LogP contribution in [0.1, 0.15) is 39.0 Å². The topological polar surface area (TPSA) is 32.3 Å². The molecule has 2 rings (SSSR count). The molecular formula is C17H26N2O. The summed E-state index contributed by atoms with van der Waals surface area (Å²) in [5, 5.41) is 2.95. The van der Waals surface area contributed by atoms with Crippen molar-refractivity contribution in [2.75, 3.05) is 18.9 Å². The smallest absolute Gasteiger partial charge is 0.225 e. The molecule has 0 unspecified atom stereocenters. The molecule has 3 heteroatoms. The summed E-state index contributed by atoms with van der Waals surface area (Å²) in [6.45, 7) is 3.18. The molecule has 0 heterocycles. The Morgan fingerprint density at radius 1 is 1.25 bits per heavy atom. The van der Waals surface area contributed by atoms with Crippen molar-refractivity contribution in [3.63, 3.8) is 0 Å². The normalized spacial score (nSPS) is 22.8. The summed E-state index contributed by atoms with van der Waals surface area (Å²) in [6, 6.07) is 10.3. The number of nitrogens with one attached hydrogen (secondary N) is 1. The van der Waals surface area contributed by atoms with E-state index in [0.717, 1.165) is 18.2 Å². The third-order valence-corrected chi connectivity index (χ3v) is 4.38. The van der Waals surface area contributed by atoms with Gasteiger partial charge in [0.2, 0.25) is 5.91 Å². The van der Waals surface area contributed by atoms with E-state index < -0.39 is 0 Å². The van der Waals surface area contributed by atoms with E-state index >= 15 is 0 Å². The highest BCUT2D eigenvalue weighted by Crippen LogP contribution is 2.27. The minimum Gasteiger partial charge on any atom is -0.326 e. The van der Waals surface area contributed by atoms with Crippen LogP contribution in [-0.4, -0.2) is 30.4 Å². The van der Waals surface area contributed by atoms with Gasteiger partial charge in [0, 0.05) is 24.7 Å². The Hall–Kier alpha value is -1.35. The number of hydrogen-bond donors (Lipinski definition) is 1. The fourth-order valence-electron chi connectivity index (χ4n) is 3.14. The van der Waals surface area contributed by atoms with Crippen LogP contribution in [0.25, 0.3) is 0 Å². The lowest BCUT2D eigenvalue weighted by molar-refractivity contribution is -0.116. The van der Waals surface area contributed by atoms with Gasteiger partial charge in [0.25, 0.3) is 0 Å². The lowest BCUT2D eigenvalue weighted by Gasteiger charge is -2.36. The largest absolute Gasteiger partial charge is 0.326 e. The molecule has 0 radical (unpaired) electrons. The first-order valence-corrected chi connectivity index (χ1v) is 7.72. The molecule has 110 valence electrons. The van der Waals surface area contributed by atoms with Gasteiger partial charge in [0.05, 0.1) is 0 Å². The van der Waals surface area contributed by atoms with E-state index in [1.807, 2.05) is 30.3 Å². The standard InChI is InChI=1S/C17H26N2O/c1-14-8-6-7-11-16(14)19(2)13-12-17(20)18-15-9-4-3-5-10-15/h3-5,9-10,14,16H,6-8,11-13H2,1-2H3,(H,18,20)/t14-,16-/m0/s1. The molecule has 0 bridgehead atoms. The Bertz CT molecular complexity index is 418. The summed E-state index contributed by atoms with van der Waals surface area (Å²) in [4.78, 5) is 14.3. The van der Waals surface area contributed by atoms with Gasteiger partial charge in [0.15, 0.2) is 0 Å². The van der Waals surface area contributed by atoms with Gasteiger partial charge < -0.3 is 10.2 Å². The van der Waals surface area contributed by atoms with Gasteiger partial charge in [-0.2, -0.15) is 0 Å². The zero-order valence-electron chi connectivity index (χ0n) is 12.6. The Kier molecular flexibility index (Phi) is 5.60. The number of amides is 1. The number of benzene rings is 1. The van der Waals surface area contributed by atoms with Gasteiger partial charge in [-0.1, -0.05) is 38.0 Å². The first-order chi connectivity index (χ1) is 9.66. The van der Waals surface area contributed by atoms with Crippen LogP contribution in [0.2, 0.25) is 0 Å². The van der Waals surface area contributed by atoms with Crippen molar-refractivity contribution in [1.29, 1.82) is 0 Å². The molecule has 1 aromatic rings. The fourth-order valence-corrected chi connectivity index (χ4v) is 3.14. The summed E-state index contributed by atoms with van der Waals surface area (Å²) in [7, 11) is 2.16. The Balaban J connectivity index is 1.75. The van der Waals surface area contributed by atoms with Crippen molar-refractivity contribution in [3.8, 4) is 0 Å². The molecular weight excluding hydrogens is 248 g/mol. The van der Waals surface area contributed by atoms with Crippen molar-refractivity contribution >= 4 is 11.6 Å². The average Bonchev–Trinajstić information content (AvgIpc) is 2.46. The van der Waals surface area contributed by atoms with Crippen LogP contribution in [0.4, 0.5) is 5.69 Å². The molecule has 1 aromatic carbocycles. The van der Waals surface area contributed by atoms with Gasteiger partial charge in [-0.15, -0.1) is 0 Å². The molecule has 1 aliphatic rings. The van der Waals surface area contributed by atoms with E-state index in [0.29, 0.717) is 12.5 Å². The van der Waals surface area contributed by atoms with E-state index in [1.54, 1.807) is 0 Å². The predicted octanol–water partition coefficient (Wildman–Crippen LogP) is 3.53. The average molecular weight is 274 g/mol. The van der Waals surface area contributed by atoms with E-state index in [-0.39, 0.29) is 5.91 Å². The van der Waals surface area contributed by atoms with Crippen LogP contribution < -0.4 is 5.32 Å². The van der Waals surface area contributed by atoms with Gasteiger partial charge >= 0.3 is 0 Å². The lowest BCUT2D eigenvalue weighted by Crippen LogP contribution is -2.40. The summed E-state index contributed by atoms with van der Waals surface area (Å²) in [5.41, 5.74) is 0.881. The monoisotopic (exact) mass is 274 g/mol. The summed E-state index contributed by atoms with van der Waals surface area (Å²) < 4.78 is 0. The number of carbonyl (C=O) groups is 1. The first kappa shape index (κ1) is 15.0. The molecule has 0 spiro atoms. The van der Waals surface area contributed by atoms with Crippen molar-refractivity contribution < 1.29 is 4.79 Å². The minimum absolute atomic E-state index is 0.103. The molecule has 20 heavy (non-hydrogen) atoms. The molecule has 3 nitrogen and oxygen atoms in total. The number of anilines is 1. The molecule has 0 aromatic heterocycles. The zero-order valence-corrected chi connectivity index (χ0v) is 12.6. The second-order valence-corrected chi connectivity index (χ2v) is 5.97. The quantitative estimate of drug-likeness (QED) is 0.891. The molecule has 1 N–H and O–H groups in total. The number of carbonyl (C=O) groups excluding carboxylic acids is 1. The third-order valence-electron chi connectivity index (χ3n) is 4.38. The first-order valence-electron chi connectivity index (χ1n) is 7.72. The maximum Gasteiger partial charge on any atom is 0.225 e. The van der Waals surface area contributed by atoms with E-state index in [2.05, 4.69) is 24.2 Å². The van der Waals surface area contributed by atoms with Crippen LogP contribution in [0, 0.1) is 5.92 Å². The second kappa shape index (κ2) is 7.44. The van der Waals surface area contributed by atoms with Crippen molar-refractivity contribution in [2.24, 2.45) is 5.92 Å². The minimum atomic E-state index is 0.103. The summed E-state index contributed by atoms with van der Waals surface area (Å²) in [6.07, 6.45) is 5.85. The summed E-state index contributed by atoms with van der Waals surface area (Å²) >= 11 is 0. The van der Waals surface area contributed by atoms with Crippen LogP contribution in [0.15, 0.2) is 30.3 Å². The zero-order chi connectivity index (χ0) is 14.4. The number of hydrogen-bond acceptors (Lipinski definition) is 2. The van der Waals surface area contributed by atoms with Crippen molar-refractivity contribution in [3.05, 3.63) is 30.3 Å². The molecule has 1 fully saturated rings. The van der Waals surface area contributed by atoms with E-state index in [9.17, 15) is 4.79 Å². The van der Waals surface area contributed by atoms with Gasteiger partial charge in [-0.3, -0.25) is 4.79 Å².